The number of carboxylic acid groups (broad SMARTS) is 1. The van der Waals surface area contributed by atoms with Gasteiger partial charge in [-0.2, -0.15) is 11.8 Å². The van der Waals surface area contributed by atoms with Crippen molar-refractivity contribution >= 4 is 35.2 Å². The molecule has 1 atom stereocenters. The Balaban J connectivity index is 2.28. The van der Waals surface area contributed by atoms with E-state index in [4.69, 9.17) is 16.7 Å². The molecule has 1 saturated heterocycles. The summed E-state index contributed by atoms with van der Waals surface area (Å²) < 4.78 is 13.7. The molecule has 0 spiro atoms. The third-order valence-corrected chi connectivity index (χ3v) is 4.09. The van der Waals surface area contributed by atoms with Gasteiger partial charge in [0.2, 0.25) is 0 Å². The molecule has 0 aliphatic carbocycles. The molecule has 1 unspecified atom stereocenters. The average molecular weight is 304 g/mol. The lowest BCUT2D eigenvalue weighted by molar-refractivity contribution is -0.141. The highest BCUT2D eigenvalue weighted by molar-refractivity contribution is 7.99. The average Bonchev–Trinajstić information content (AvgIpc) is 2.38. The number of carbonyl (C=O) groups is 2. The molecule has 102 valence electrons. The minimum atomic E-state index is -1.07. The fraction of sp³-hybridized carbons (Fsp3) is 0.333. The number of benzene rings is 1. The Morgan fingerprint density at radius 1 is 1.47 bits per heavy atom. The zero-order chi connectivity index (χ0) is 14.0. The fourth-order valence-corrected chi connectivity index (χ4v) is 3.07. The summed E-state index contributed by atoms with van der Waals surface area (Å²) in [6, 6.07) is 2.82. The van der Waals surface area contributed by atoms with Gasteiger partial charge in [0.05, 0.1) is 5.56 Å². The van der Waals surface area contributed by atoms with Crippen molar-refractivity contribution in [2.75, 3.05) is 18.1 Å². The number of hydrogen-bond donors (Lipinski definition) is 1. The van der Waals surface area contributed by atoms with Crippen LogP contribution in [0.3, 0.4) is 0 Å². The minimum Gasteiger partial charge on any atom is -0.480 e. The molecule has 1 N–H and O–H groups in total. The molecule has 1 amide bonds. The van der Waals surface area contributed by atoms with Gasteiger partial charge in [0.1, 0.15) is 11.9 Å². The number of rotatable bonds is 2. The number of halogens is 2. The summed E-state index contributed by atoms with van der Waals surface area (Å²) in [7, 11) is 0. The molecule has 0 bridgehead atoms. The molecule has 1 aromatic rings. The van der Waals surface area contributed by atoms with Crippen LogP contribution in [0, 0.1) is 5.82 Å². The maximum Gasteiger partial charge on any atom is 0.327 e. The van der Waals surface area contributed by atoms with Crippen molar-refractivity contribution in [1.29, 1.82) is 0 Å². The Labute approximate surface area is 118 Å². The first-order chi connectivity index (χ1) is 9.00. The highest BCUT2D eigenvalue weighted by Gasteiger charge is 2.33. The SMILES string of the molecule is O=C(O)C1CSCCN1C(=O)c1ccc(Cl)cc1F. The van der Waals surface area contributed by atoms with E-state index < -0.39 is 23.7 Å². The molecule has 1 aliphatic rings. The third kappa shape index (κ3) is 3.01. The molecule has 1 aliphatic heterocycles. The molecule has 2 rings (SSSR count). The summed E-state index contributed by atoms with van der Waals surface area (Å²) in [5, 5.41) is 9.29. The van der Waals surface area contributed by atoms with Crippen LogP contribution < -0.4 is 0 Å². The number of carboxylic acids is 1. The highest BCUT2D eigenvalue weighted by Crippen LogP contribution is 2.22. The van der Waals surface area contributed by atoms with Crippen LogP contribution >= 0.6 is 23.4 Å². The Hall–Kier alpha value is -1.27. The van der Waals surface area contributed by atoms with E-state index in [2.05, 4.69) is 0 Å². The van der Waals surface area contributed by atoms with E-state index in [-0.39, 0.29) is 10.6 Å². The molecule has 7 heteroatoms. The summed E-state index contributed by atoms with van der Waals surface area (Å²) in [5.41, 5.74) is -0.150. The van der Waals surface area contributed by atoms with Crippen molar-refractivity contribution in [1.82, 2.24) is 4.90 Å². The van der Waals surface area contributed by atoms with E-state index in [1.807, 2.05) is 0 Å². The molecular weight excluding hydrogens is 293 g/mol. The maximum absolute atomic E-state index is 13.7. The van der Waals surface area contributed by atoms with Gasteiger partial charge >= 0.3 is 5.97 Å². The van der Waals surface area contributed by atoms with Gasteiger partial charge < -0.3 is 10.0 Å². The van der Waals surface area contributed by atoms with Gasteiger partial charge in [-0.15, -0.1) is 0 Å². The maximum atomic E-state index is 13.7. The van der Waals surface area contributed by atoms with Gasteiger partial charge in [0, 0.05) is 23.1 Å². The molecule has 0 saturated carbocycles. The molecule has 1 heterocycles. The van der Waals surface area contributed by atoms with Gasteiger partial charge in [-0.1, -0.05) is 11.6 Å². The van der Waals surface area contributed by atoms with Crippen LogP contribution in [0.4, 0.5) is 4.39 Å². The molecule has 1 fully saturated rings. The normalized spacial score (nSPS) is 19.3. The lowest BCUT2D eigenvalue weighted by atomic mass is 10.1. The number of hydrogen-bond acceptors (Lipinski definition) is 3. The Kier molecular flexibility index (Phi) is 4.31. The Morgan fingerprint density at radius 2 is 2.21 bits per heavy atom. The molecule has 19 heavy (non-hydrogen) atoms. The van der Waals surface area contributed by atoms with Crippen molar-refractivity contribution in [3.8, 4) is 0 Å². The van der Waals surface area contributed by atoms with E-state index >= 15 is 0 Å². The van der Waals surface area contributed by atoms with Crippen LogP contribution in [0.5, 0.6) is 0 Å². The third-order valence-electron chi connectivity index (χ3n) is 2.84. The summed E-state index contributed by atoms with van der Waals surface area (Å²) in [6.45, 7) is 0.294. The quantitative estimate of drug-likeness (QED) is 0.909. The first kappa shape index (κ1) is 14.1. The van der Waals surface area contributed by atoms with Gasteiger partial charge in [0.15, 0.2) is 0 Å². The van der Waals surface area contributed by atoms with E-state index in [1.165, 1.54) is 28.8 Å². The highest BCUT2D eigenvalue weighted by atomic mass is 35.5. The van der Waals surface area contributed by atoms with Crippen molar-refractivity contribution in [2.24, 2.45) is 0 Å². The second kappa shape index (κ2) is 5.79. The first-order valence-electron chi connectivity index (χ1n) is 5.57. The van der Waals surface area contributed by atoms with Crippen molar-refractivity contribution in [3.63, 3.8) is 0 Å². The lowest BCUT2D eigenvalue weighted by Crippen LogP contribution is -2.50. The minimum absolute atomic E-state index is 0.150. The largest absolute Gasteiger partial charge is 0.480 e. The van der Waals surface area contributed by atoms with Crippen LogP contribution in [0.1, 0.15) is 10.4 Å². The molecule has 4 nitrogen and oxygen atoms in total. The number of nitrogens with zero attached hydrogens (tertiary/aromatic N) is 1. The molecule has 0 radical (unpaired) electrons. The van der Waals surface area contributed by atoms with Gasteiger partial charge in [0.25, 0.3) is 5.91 Å². The zero-order valence-electron chi connectivity index (χ0n) is 9.81. The predicted octanol–water partition coefficient (Wildman–Crippen LogP) is 2.12. The topological polar surface area (TPSA) is 57.6 Å². The summed E-state index contributed by atoms with van der Waals surface area (Å²) >= 11 is 7.09. The van der Waals surface area contributed by atoms with E-state index in [1.54, 1.807) is 0 Å². The number of amides is 1. The van der Waals surface area contributed by atoms with Crippen molar-refractivity contribution in [3.05, 3.63) is 34.6 Å². The zero-order valence-corrected chi connectivity index (χ0v) is 11.4. The molecule has 0 aromatic heterocycles. The summed E-state index contributed by atoms with van der Waals surface area (Å²) in [5.74, 6) is -1.46. The van der Waals surface area contributed by atoms with Gasteiger partial charge in [-0.05, 0) is 18.2 Å². The Morgan fingerprint density at radius 3 is 2.84 bits per heavy atom. The number of carbonyl (C=O) groups excluding carboxylic acids is 1. The van der Waals surface area contributed by atoms with Crippen LogP contribution in [0.15, 0.2) is 18.2 Å². The van der Waals surface area contributed by atoms with E-state index in [0.29, 0.717) is 18.1 Å². The second-order valence-electron chi connectivity index (χ2n) is 4.05. The summed E-state index contributed by atoms with van der Waals surface area (Å²) in [4.78, 5) is 24.5. The second-order valence-corrected chi connectivity index (χ2v) is 5.64. The molecular formula is C12H11ClFNO3S. The van der Waals surface area contributed by atoms with Crippen molar-refractivity contribution in [2.45, 2.75) is 6.04 Å². The predicted molar refractivity (Wildman–Crippen MR) is 71.2 cm³/mol. The van der Waals surface area contributed by atoms with E-state index in [0.717, 1.165) is 6.07 Å². The van der Waals surface area contributed by atoms with Gasteiger partial charge in [-0.25, -0.2) is 9.18 Å². The monoisotopic (exact) mass is 303 g/mol. The van der Waals surface area contributed by atoms with Crippen LogP contribution in [0.2, 0.25) is 5.02 Å². The van der Waals surface area contributed by atoms with Crippen LogP contribution in [-0.2, 0) is 4.79 Å². The lowest BCUT2D eigenvalue weighted by Gasteiger charge is -2.32. The molecule has 1 aromatic carbocycles. The first-order valence-corrected chi connectivity index (χ1v) is 7.10. The standard InChI is InChI=1S/C12H11ClFNO3S/c13-7-1-2-8(9(14)5-7)11(16)15-3-4-19-6-10(15)12(17)18/h1-2,5,10H,3-4,6H2,(H,17,18). The smallest absolute Gasteiger partial charge is 0.327 e. The van der Waals surface area contributed by atoms with Crippen molar-refractivity contribution < 1.29 is 19.1 Å². The van der Waals surface area contributed by atoms with E-state index in [9.17, 15) is 14.0 Å². The Bertz CT molecular complexity index is 526. The number of aliphatic carboxylic acids is 1. The van der Waals surface area contributed by atoms with Crippen LogP contribution in [-0.4, -0.2) is 46.0 Å². The fourth-order valence-electron chi connectivity index (χ4n) is 1.87. The summed E-state index contributed by atoms with van der Waals surface area (Å²) in [6.07, 6.45) is 0. The number of thioether (sulfide) groups is 1. The van der Waals surface area contributed by atoms with Gasteiger partial charge in [-0.3, -0.25) is 4.79 Å². The van der Waals surface area contributed by atoms with Crippen LogP contribution in [0.25, 0.3) is 0 Å².